The normalized spacial score (nSPS) is 12.4. The quantitative estimate of drug-likeness (QED) is 0.861. The molecule has 0 saturated carbocycles. The number of aromatic nitrogens is 2. The average Bonchev–Trinajstić information content (AvgIpc) is 2.89. The number of carbonyl (C=O) groups excluding carboxylic acids is 1. The van der Waals surface area contributed by atoms with E-state index in [9.17, 15) is 9.18 Å². The number of hydrogen-bond acceptors (Lipinski definition) is 2. The molecule has 2 rings (SSSR count). The van der Waals surface area contributed by atoms with Gasteiger partial charge in [0.05, 0.1) is 0 Å². The summed E-state index contributed by atoms with van der Waals surface area (Å²) >= 11 is 0. The number of nitrogens with one attached hydrogen (secondary N) is 2. The summed E-state index contributed by atoms with van der Waals surface area (Å²) in [6.45, 7) is 6.07. The summed E-state index contributed by atoms with van der Waals surface area (Å²) in [6, 6.07) is 8.20. The van der Waals surface area contributed by atoms with E-state index in [0.29, 0.717) is 23.6 Å². The molecule has 0 bridgehead atoms. The van der Waals surface area contributed by atoms with Crippen LogP contribution in [-0.4, -0.2) is 22.1 Å². The van der Waals surface area contributed by atoms with Crippen molar-refractivity contribution in [2.45, 2.75) is 39.7 Å². The maximum atomic E-state index is 13.6. The van der Waals surface area contributed by atoms with Crippen LogP contribution in [0.2, 0.25) is 0 Å². The highest BCUT2D eigenvalue weighted by molar-refractivity contribution is 5.92. The van der Waals surface area contributed by atoms with Crippen LogP contribution in [-0.2, 0) is 12.8 Å². The lowest BCUT2D eigenvalue weighted by Crippen LogP contribution is -2.34. The lowest BCUT2D eigenvalue weighted by Gasteiger charge is -2.13. The largest absolute Gasteiger partial charge is 0.348 e. The van der Waals surface area contributed by atoms with E-state index in [4.69, 9.17) is 0 Å². The molecule has 0 saturated heterocycles. The summed E-state index contributed by atoms with van der Waals surface area (Å²) in [5, 5.41) is 9.77. The van der Waals surface area contributed by atoms with Crippen molar-refractivity contribution in [3.63, 3.8) is 0 Å². The van der Waals surface area contributed by atoms with Gasteiger partial charge in [-0.15, -0.1) is 0 Å². The van der Waals surface area contributed by atoms with Crippen molar-refractivity contribution in [2.75, 3.05) is 0 Å². The Balaban J connectivity index is 1.93. The zero-order valence-electron chi connectivity index (χ0n) is 13.2. The fourth-order valence-corrected chi connectivity index (χ4v) is 2.36. The molecule has 1 unspecified atom stereocenters. The molecule has 2 N–H and O–H groups in total. The first-order valence-corrected chi connectivity index (χ1v) is 7.54. The molecule has 0 aliphatic carbocycles. The van der Waals surface area contributed by atoms with Gasteiger partial charge < -0.3 is 5.32 Å². The Hall–Kier alpha value is -2.17. The molecule has 1 aromatic carbocycles. The Labute approximate surface area is 130 Å². The first-order valence-electron chi connectivity index (χ1n) is 7.54. The molecule has 0 aliphatic heterocycles. The van der Waals surface area contributed by atoms with Crippen LogP contribution in [0.3, 0.4) is 0 Å². The minimum atomic E-state index is -0.248. The molecule has 2 aromatic rings. The number of aromatic amines is 1. The Bertz CT molecular complexity index is 636. The van der Waals surface area contributed by atoms with Gasteiger partial charge in [0.15, 0.2) is 0 Å². The van der Waals surface area contributed by atoms with Gasteiger partial charge in [0.2, 0.25) is 0 Å². The SMILES string of the molecule is CC(C)Cc1cc(C(=O)NC(C)Cc2ccccc2F)n[nH]1. The van der Waals surface area contributed by atoms with Crippen LogP contribution in [0.5, 0.6) is 0 Å². The van der Waals surface area contributed by atoms with Crippen molar-refractivity contribution in [2.24, 2.45) is 5.92 Å². The third-order valence-corrected chi connectivity index (χ3v) is 3.35. The summed E-state index contributed by atoms with van der Waals surface area (Å²) in [4.78, 5) is 12.1. The van der Waals surface area contributed by atoms with E-state index < -0.39 is 0 Å². The Morgan fingerprint density at radius 1 is 1.27 bits per heavy atom. The molecular weight excluding hydrogens is 281 g/mol. The highest BCUT2D eigenvalue weighted by atomic mass is 19.1. The number of H-pyrrole nitrogens is 1. The fraction of sp³-hybridized carbons (Fsp3) is 0.412. The van der Waals surface area contributed by atoms with Crippen molar-refractivity contribution < 1.29 is 9.18 Å². The lowest BCUT2D eigenvalue weighted by molar-refractivity contribution is 0.0935. The molecule has 1 aromatic heterocycles. The molecule has 5 heteroatoms. The zero-order valence-corrected chi connectivity index (χ0v) is 13.2. The van der Waals surface area contributed by atoms with Gasteiger partial charge in [-0.3, -0.25) is 9.89 Å². The molecule has 0 fully saturated rings. The van der Waals surface area contributed by atoms with Crippen LogP contribution >= 0.6 is 0 Å². The van der Waals surface area contributed by atoms with Crippen LogP contribution in [0.1, 0.15) is 42.5 Å². The minimum Gasteiger partial charge on any atom is -0.348 e. The summed E-state index contributed by atoms with van der Waals surface area (Å²) in [5.74, 6) is 0.00836. The van der Waals surface area contributed by atoms with E-state index in [1.165, 1.54) is 6.07 Å². The van der Waals surface area contributed by atoms with Crippen molar-refractivity contribution in [1.29, 1.82) is 0 Å². The number of amides is 1. The molecule has 4 nitrogen and oxygen atoms in total. The Morgan fingerprint density at radius 2 is 2.00 bits per heavy atom. The molecule has 118 valence electrons. The molecule has 0 spiro atoms. The topological polar surface area (TPSA) is 57.8 Å². The number of halogens is 1. The summed E-state index contributed by atoms with van der Waals surface area (Å²) in [5.41, 5.74) is 1.91. The van der Waals surface area contributed by atoms with Gasteiger partial charge in [-0.05, 0) is 43.4 Å². The maximum absolute atomic E-state index is 13.6. The highest BCUT2D eigenvalue weighted by Crippen LogP contribution is 2.10. The van der Waals surface area contributed by atoms with Crippen molar-refractivity contribution in [3.8, 4) is 0 Å². The van der Waals surface area contributed by atoms with E-state index in [1.54, 1.807) is 24.3 Å². The first-order chi connectivity index (χ1) is 10.5. The lowest BCUT2D eigenvalue weighted by atomic mass is 10.1. The molecule has 0 aliphatic rings. The standard InChI is InChI=1S/C17H22FN3O/c1-11(2)8-14-10-16(21-20-14)17(22)19-12(3)9-13-6-4-5-7-15(13)18/h4-7,10-12H,8-9H2,1-3H3,(H,19,22)(H,20,21). The number of benzene rings is 1. The van der Waals surface area contributed by atoms with Crippen molar-refractivity contribution >= 4 is 5.91 Å². The Kier molecular flexibility index (Phi) is 5.31. The Morgan fingerprint density at radius 3 is 2.68 bits per heavy atom. The van der Waals surface area contributed by atoms with Gasteiger partial charge in [-0.1, -0.05) is 32.0 Å². The second kappa shape index (κ2) is 7.20. The van der Waals surface area contributed by atoms with Crippen LogP contribution in [0.4, 0.5) is 4.39 Å². The molecule has 1 atom stereocenters. The average molecular weight is 303 g/mol. The fourth-order valence-electron chi connectivity index (χ4n) is 2.36. The molecular formula is C17H22FN3O. The maximum Gasteiger partial charge on any atom is 0.271 e. The van der Waals surface area contributed by atoms with Gasteiger partial charge in [0.25, 0.3) is 5.91 Å². The molecule has 0 radical (unpaired) electrons. The minimum absolute atomic E-state index is 0.172. The second-order valence-electron chi connectivity index (χ2n) is 6.05. The van der Waals surface area contributed by atoms with Gasteiger partial charge in [-0.25, -0.2) is 4.39 Å². The second-order valence-corrected chi connectivity index (χ2v) is 6.05. The van der Waals surface area contributed by atoms with Crippen LogP contribution in [0, 0.1) is 11.7 Å². The highest BCUT2D eigenvalue weighted by Gasteiger charge is 2.15. The van der Waals surface area contributed by atoms with Crippen molar-refractivity contribution in [1.82, 2.24) is 15.5 Å². The number of carbonyl (C=O) groups is 1. The third kappa shape index (κ3) is 4.41. The number of rotatable bonds is 6. The summed E-state index contributed by atoms with van der Waals surface area (Å²) < 4.78 is 13.6. The summed E-state index contributed by atoms with van der Waals surface area (Å²) in [7, 11) is 0. The van der Waals surface area contributed by atoms with E-state index in [2.05, 4.69) is 29.4 Å². The van der Waals surface area contributed by atoms with Gasteiger partial charge in [-0.2, -0.15) is 5.10 Å². The van der Waals surface area contributed by atoms with E-state index in [1.807, 2.05) is 6.92 Å². The predicted molar refractivity (Wildman–Crippen MR) is 84.2 cm³/mol. The predicted octanol–water partition coefficient (Wildman–Crippen LogP) is 3.11. The zero-order chi connectivity index (χ0) is 16.1. The van der Waals surface area contributed by atoms with Crippen LogP contribution < -0.4 is 5.32 Å². The van der Waals surface area contributed by atoms with Crippen LogP contribution in [0.15, 0.2) is 30.3 Å². The molecule has 22 heavy (non-hydrogen) atoms. The van der Waals surface area contributed by atoms with Gasteiger partial charge in [0, 0.05) is 11.7 Å². The van der Waals surface area contributed by atoms with Gasteiger partial charge in [0.1, 0.15) is 11.5 Å². The van der Waals surface area contributed by atoms with Crippen molar-refractivity contribution in [3.05, 3.63) is 53.1 Å². The van der Waals surface area contributed by atoms with E-state index in [0.717, 1.165) is 12.1 Å². The monoisotopic (exact) mass is 303 g/mol. The molecule has 1 heterocycles. The molecule has 1 amide bonds. The van der Waals surface area contributed by atoms with Crippen LogP contribution in [0.25, 0.3) is 0 Å². The first kappa shape index (κ1) is 16.2. The van der Waals surface area contributed by atoms with E-state index in [-0.39, 0.29) is 17.8 Å². The van der Waals surface area contributed by atoms with E-state index >= 15 is 0 Å². The smallest absolute Gasteiger partial charge is 0.271 e. The summed E-state index contributed by atoms with van der Waals surface area (Å²) in [6.07, 6.45) is 1.30. The number of hydrogen-bond donors (Lipinski definition) is 2. The number of nitrogens with zero attached hydrogens (tertiary/aromatic N) is 1. The third-order valence-electron chi connectivity index (χ3n) is 3.35. The van der Waals surface area contributed by atoms with Gasteiger partial charge >= 0.3 is 0 Å².